The SMILES string of the molecule is CCOc1ccc(N2C(=O)C(Nc3ccc4c(c3)OCO4)=C(c3cccs3)C2=O)cc1. The number of ether oxygens (including phenoxy) is 3. The first-order valence-electron chi connectivity index (χ1n) is 9.72. The third-order valence-electron chi connectivity index (χ3n) is 4.90. The molecule has 8 heteroatoms. The van der Waals surface area contributed by atoms with Crippen molar-refractivity contribution < 1.29 is 23.8 Å². The summed E-state index contributed by atoms with van der Waals surface area (Å²) in [6, 6.07) is 15.9. The summed E-state index contributed by atoms with van der Waals surface area (Å²) in [5.74, 6) is 1.11. The number of benzene rings is 2. The lowest BCUT2D eigenvalue weighted by molar-refractivity contribution is -0.120. The van der Waals surface area contributed by atoms with Gasteiger partial charge in [-0.3, -0.25) is 9.59 Å². The Bertz CT molecular complexity index is 1190. The van der Waals surface area contributed by atoms with Crippen molar-refractivity contribution in [2.24, 2.45) is 0 Å². The number of hydrogen-bond acceptors (Lipinski definition) is 7. The van der Waals surface area contributed by atoms with Gasteiger partial charge in [-0.1, -0.05) is 6.07 Å². The van der Waals surface area contributed by atoms with Crippen LogP contribution in [0.1, 0.15) is 11.8 Å². The number of anilines is 2. The van der Waals surface area contributed by atoms with Crippen molar-refractivity contribution in [3.8, 4) is 17.2 Å². The van der Waals surface area contributed by atoms with Gasteiger partial charge in [0.25, 0.3) is 11.8 Å². The van der Waals surface area contributed by atoms with Crippen LogP contribution < -0.4 is 24.4 Å². The van der Waals surface area contributed by atoms with Gasteiger partial charge in [-0.05, 0) is 54.8 Å². The van der Waals surface area contributed by atoms with Gasteiger partial charge >= 0.3 is 0 Å². The Morgan fingerprint density at radius 1 is 1.03 bits per heavy atom. The molecular weight excluding hydrogens is 416 g/mol. The zero-order chi connectivity index (χ0) is 21.4. The van der Waals surface area contributed by atoms with Gasteiger partial charge in [0.2, 0.25) is 6.79 Å². The summed E-state index contributed by atoms with van der Waals surface area (Å²) >= 11 is 1.40. The number of nitrogens with one attached hydrogen (secondary N) is 1. The van der Waals surface area contributed by atoms with Crippen molar-refractivity contribution in [2.45, 2.75) is 6.92 Å². The fourth-order valence-corrected chi connectivity index (χ4v) is 4.27. The van der Waals surface area contributed by atoms with E-state index in [2.05, 4.69) is 5.32 Å². The predicted octanol–water partition coefficient (Wildman–Crippen LogP) is 4.27. The molecule has 2 aromatic carbocycles. The first-order chi connectivity index (χ1) is 15.2. The number of hydrogen-bond donors (Lipinski definition) is 1. The molecule has 3 heterocycles. The van der Waals surface area contributed by atoms with E-state index in [1.165, 1.54) is 16.2 Å². The molecule has 1 N–H and O–H groups in total. The molecule has 2 aliphatic rings. The van der Waals surface area contributed by atoms with Crippen LogP contribution >= 0.6 is 11.3 Å². The minimum atomic E-state index is -0.421. The summed E-state index contributed by atoms with van der Waals surface area (Å²) in [5, 5.41) is 5.01. The van der Waals surface area contributed by atoms with Gasteiger partial charge < -0.3 is 19.5 Å². The monoisotopic (exact) mass is 434 g/mol. The summed E-state index contributed by atoms with van der Waals surface area (Å²) in [5.41, 5.74) is 1.67. The van der Waals surface area contributed by atoms with Crippen LogP contribution in [-0.4, -0.2) is 25.2 Å². The second-order valence-corrected chi connectivity index (χ2v) is 7.74. The molecule has 0 saturated carbocycles. The largest absolute Gasteiger partial charge is 0.494 e. The van der Waals surface area contributed by atoms with Crippen LogP contribution in [0.2, 0.25) is 0 Å². The van der Waals surface area contributed by atoms with E-state index in [1.807, 2.05) is 24.4 Å². The third-order valence-corrected chi connectivity index (χ3v) is 5.79. The Labute approximate surface area is 182 Å². The Hall–Kier alpha value is -3.78. The fraction of sp³-hybridized carbons (Fsp3) is 0.130. The van der Waals surface area contributed by atoms with Crippen LogP contribution in [-0.2, 0) is 9.59 Å². The molecule has 2 amide bonds. The van der Waals surface area contributed by atoms with Crippen LogP contribution in [0, 0.1) is 0 Å². The van der Waals surface area contributed by atoms with Gasteiger partial charge in [0.1, 0.15) is 11.4 Å². The molecule has 0 saturated heterocycles. The van der Waals surface area contributed by atoms with E-state index in [9.17, 15) is 9.59 Å². The standard InChI is InChI=1S/C23H18N2O5S/c1-2-28-16-8-6-15(7-9-16)25-22(26)20(19-4-3-11-31-19)21(23(25)27)24-14-5-10-17-18(12-14)30-13-29-17/h3-12,24H,2,13H2,1H3. The molecule has 0 spiro atoms. The van der Waals surface area contributed by atoms with Crippen molar-refractivity contribution in [1.82, 2.24) is 0 Å². The first-order valence-corrected chi connectivity index (χ1v) is 10.6. The summed E-state index contributed by atoms with van der Waals surface area (Å²) in [4.78, 5) is 28.6. The van der Waals surface area contributed by atoms with Crippen molar-refractivity contribution in [3.05, 3.63) is 70.6 Å². The van der Waals surface area contributed by atoms with Gasteiger partial charge in [-0.2, -0.15) is 0 Å². The molecule has 5 rings (SSSR count). The zero-order valence-electron chi connectivity index (χ0n) is 16.6. The molecule has 0 aliphatic carbocycles. The quantitative estimate of drug-likeness (QED) is 0.584. The van der Waals surface area contributed by atoms with E-state index < -0.39 is 5.91 Å². The van der Waals surface area contributed by atoms with Gasteiger partial charge in [0, 0.05) is 16.6 Å². The summed E-state index contributed by atoms with van der Waals surface area (Å²) in [6.45, 7) is 2.59. The van der Waals surface area contributed by atoms with E-state index in [-0.39, 0.29) is 18.4 Å². The van der Waals surface area contributed by atoms with E-state index in [1.54, 1.807) is 42.5 Å². The number of rotatable bonds is 6. The highest BCUT2D eigenvalue weighted by molar-refractivity contribution is 7.11. The van der Waals surface area contributed by atoms with Crippen molar-refractivity contribution >= 4 is 40.1 Å². The lowest BCUT2D eigenvalue weighted by Crippen LogP contribution is -2.32. The molecule has 156 valence electrons. The minimum absolute atomic E-state index is 0.158. The molecule has 1 aromatic heterocycles. The smallest absolute Gasteiger partial charge is 0.282 e. The molecule has 0 radical (unpaired) electrons. The Morgan fingerprint density at radius 3 is 2.58 bits per heavy atom. The lowest BCUT2D eigenvalue weighted by Gasteiger charge is -2.16. The van der Waals surface area contributed by atoms with Gasteiger partial charge in [-0.15, -0.1) is 11.3 Å². The highest BCUT2D eigenvalue weighted by Crippen LogP contribution is 2.38. The molecule has 0 unspecified atom stereocenters. The Morgan fingerprint density at radius 2 is 1.84 bits per heavy atom. The fourth-order valence-electron chi connectivity index (χ4n) is 3.51. The lowest BCUT2D eigenvalue weighted by atomic mass is 10.1. The van der Waals surface area contributed by atoms with Crippen LogP contribution in [0.3, 0.4) is 0 Å². The highest BCUT2D eigenvalue weighted by Gasteiger charge is 2.40. The van der Waals surface area contributed by atoms with Crippen LogP contribution in [0.15, 0.2) is 65.7 Å². The second-order valence-electron chi connectivity index (χ2n) is 6.79. The average Bonchev–Trinajstić information content (AvgIpc) is 3.50. The van der Waals surface area contributed by atoms with Crippen molar-refractivity contribution in [1.29, 1.82) is 0 Å². The predicted molar refractivity (Wildman–Crippen MR) is 118 cm³/mol. The normalized spacial score (nSPS) is 15.1. The second kappa shape index (κ2) is 7.81. The highest BCUT2D eigenvalue weighted by atomic mass is 32.1. The van der Waals surface area contributed by atoms with E-state index in [4.69, 9.17) is 14.2 Å². The van der Waals surface area contributed by atoms with Crippen LogP contribution in [0.4, 0.5) is 11.4 Å². The average molecular weight is 434 g/mol. The zero-order valence-corrected chi connectivity index (χ0v) is 17.4. The molecule has 3 aromatic rings. The molecule has 0 fully saturated rings. The number of fused-ring (bicyclic) bond motifs is 1. The van der Waals surface area contributed by atoms with E-state index in [0.717, 1.165) is 4.88 Å². The summed E-state index contributed by atoms with van der Waals surface area (Å²) in [7, 11) is 0. The van der Waals surface area contributed by atoms with Crippen molar-refractivity contribution in [2.75, 3.05) is 23.6 Å². The van der Waals surface area contributed by atoms with Gasteiger partial charge in [0.05, 0.1) is 17.9 Å². The van der Waals surface area contributed by atoms with Gasteiger partial charge in [0.15, 0.2) is 11.5 Å². The van der Waals surface area contributed by atoms with Crippen LogP contribution in [0.25, 0.3) is 5.57 Å². The summed E-state index contributed by atoms with van der Waals surface area (Å²) < 4.78 is 16.2. The number of thiophene rings is 1. The molecule has 31 heavy (non-hydrogen) atoms. The van der Waals surface area contributed by atoms with Crippen LogP contribution in [0.5, 0.6) is 17.2 Å². The molecule has 0 bridgehead atoms. The Balaban J connectivity index is 1.52. The number of imide groups is 1. The molecule has 7 nitrogen and oxygen atoms in total. The maximum Gasteiger partial charge on any atom is 0.282 e. The molecule has 0 atom stereocenters. The van der Waals surface area contributed by atoms with E-state index in [0.29, 0.717) is 40.8 Å². The summed E-state index contributed by atoms with van der Waals surface area (Å²) in [6.07, 6.45) is 0. The molecule has 2 aliphatic heterocycles. The third kappa shape index (κ3) is 3.40. The maximum atomic E-state index is 13.4. The van der Waals surface area contributed by atoms with Gasteiger partial charge in [-0.25, -0.2) is 4.90 Å². The van der Waals surface area contributed by atoms with E-state index >= 15 is 0 Å². The first kappa shape index (κ1) is 19.2. The topological polar surface area (TPSA) is 77.1 Å². The van der Waals surface area contributed by atoms with Crippen molar-refractivity contribution in [3.63, 3.8) is 0 Å². The maximum absolute atomic E-state index is 13.4. The molecular formula is C23H18N2O5S. The minimum Gasteiger partial charge on any atom is -0.494 e. The number of carbonyl (C=O) groups excluding carboxylic acids is 2. The Kier molecular flexibility index (Phi) is 4.83. The number of carbonyl (C=O) groups is 2. The number of amides is 2. The number of nitrogens with zero attached hydrogens (tertiary/aromatic N) is 1.